The van der Waals surface area contributed by atoms with Gasteiger partial charge in [-0.15, -0.1) is 0 Å². The number of morpholine rings is 1. The van der Waals surface area contributed by atoms with Crippen LogP contribution in [-0.4, -0.2) is 60.8 Å². The number of carbonyl (C=O) groups excluding carboxylic acids is 1. The van der Waals surface area contributed by atoms with Crippen LogP contribution in [-0.2, 0) is 14.3 Å². The first-order chi connectivity index (χ1) is 8.09. The number of likely N-dealkylation sites (tertiary alicyclic amines) is 1. The topological polar surface area (TPSA) is 78.9 Å². The zero-order chi connectivity index (χ0) is 12.4. The van der Waals surface area contributed by atoms with E-state index >= 15 is 0 Å². The van der Waals surface area contributed by atoms with Gasteiger partial charge in [0.05, 0.1) is 12.5 Å². The Balaban J connectivity index is 1.94. The number of hydrogen-bond donors (Lipinski definition) is 2. The van der Waals surface area contributed by atoms with Gasteiger partial charge < -0.3 is 20.1 Å². The number of carbonyl (C=O) groups is 2. The van der Waals surface area contributed by atoms with Crippen molar-refractivity contribution in [2.75, 3.05) is 32.8 Å². The third-order valence-corrected chi connectivity index (χ3v) is 3.44. The van der Waals surface area contributed by atoms with Gasteiger partial charge in [0.15, 0.2) is 0 Å². The Morgan fingerprint density at radius 2 is 2.18 bits per heavy atom. The number of amides is 1. The number of aliphatic carboxylic acids is 1. The van der Waals surface area contributed by atoms with Gasteiger partial charge in [-0.25, -0.2) is 0 Å². The molecule has 0 aromatic heterocycles. The largest absolute Gasteiger partial charge is 0.481 e. The molecule has 0 aliphatic carbocycles. The van der Waals surface area contributed by atoms with E-state index in [-0.39, 0.29) is 11.8 Å². The molecule has 6 heteroatoms. The summed E-state index contributed by atoms with van der Waals surface area (Å²) < 4.78 is 5.38. The molecule has 0 aromatic carbocycles. The van der Waals surface area contributed by atoms with E-state index in [1.165, 1.54) is 0 Å². The summed E-state index contributed by atoms with van der Waals surface area (Å²) >= 11 is 0. The summed E-state index contributed by atoms with van der Waals surface area (Å²) in [6.07, 6.45) is -0.455. The van der Waals surface area contributed by atoms with Crippen molar-refractivity contribution in [3.05, 3.63) is 0 Å². The number of rotatable bonds is 2. The van der Waals surface area contributed by atoms with Crippen molar-refractivity contribution < 1.29 is 19.4 Å². The molecule has 2 rings (SSSR count). The van der Waals surface area contributed by atoms with Crippen molar-refractivity contribution in [1.82, 2.24) is 10.2 Å². The predicted molar refractivity (Wildman–Crippen MR) is 59.5 cm³/mol. The monoisotopic (exact) mass is 242 g/mol. The fourth-order valence-corrected chi connectivity index (χ4v) is 2.40. The highest BCUT2D eigenvalue weighted by molar-refractivity contribution is 5.83. The molecule has 2 heterocycles. The van der Waals surface area contributed by atoms with Gasteiger partial charge in [0.25, 0.3) is 5.91 Å². The summed E-state index contributed by atoms with van der Waals surface area (Å²) in [7, 11) is 0. The fourth-order valence-electron chi connectivity index (χ4n) is 2.40. The zero-order valence-corrected chi connectivity index (χ0v) is 9.89. The molecule has 6 nitrogen and oxygen atoms in total. The van der Waals surface area contributed by atoms with Crippen LogP contribution in [0.15, 0.2) is 0 Å². The molecule has 17 heavy (non-hydrogen) atoms. The maximum Gasteiger partial charge on any atom is 0.308 e. The Morgan fingerprint density at radius 3 is 2.71 bits per heavy atom. The molecule has 0 spiro atoms. The Hall–Kier alpha value is -1.14. The highest BCUT2D eigenvalue weighted by atomic mass is 16.5. The maximum atomic E-state index is 12.1. The predicted octanol–water partition coefficient (Wildman–Crippen LogP) is -0.846. The molecular formula is C11H18N2O4. The number of ether oxygens (including phenoxy) is 1. The highest BCUT2D eigenvalue weighted by Crippen LogP contribution is 2.24. The summed E-state index contributed by atoms with van der Waals surface area (Å²) in [5.41, 5.74) is 0. The van der Waals surface area contributed by atoms with E-state index in [0.29, 0.717) is 26.2 Å². The zero-order valence-electron chi connectivity index (χ0n) is 9.89. The minimum atomic E-state index is -0.824. The second kappa shape index (κ2) is 5.01. The van der Waals surface area contributed by atoms with Gasteiger partial charge in [-0.3, -0.25) is 9.59 Å². The van der Waals surface area contributed by atoms with Crippen molar-refractivity contribution in [3.8, 4) is 0 Å². The Labute approximate surface area is 99.9 Å². The van der Waals surface area contributed by atoms with Crippen molar-refractivity contribution in [2.24, 2.45) is 11.8 Å². The molecule has 2 N–H and O–H groups in total. The van der Waals surface area contributed by atoms with Gasteiger partial charge in [0, 0.05) is 26.2 Å². The Morgan fingerprint density at radius 1 is 1.41 bits per heavy atom. The van der Waals surface area contributed by atoms with Gasteiger partial charge in [0.1, 0.15) is 6.10 Å². The van der Waals surface area contributed by atoms with Gasteiger partial charge in [-0.05, 0) is 5.92 Å². The van der Waals surface area contributed by atoms with E-state index in [1.807, 2.05) is 6.92 Å². The first-order valence-electron chi connectivity index (χ1n) is 5.93. The quantitative estimate of drug-likeness (QED) is 0.659. The molecule has 2 aliphatic heterocycles. The molecule has 0 bridgehead atoms. The van der Waals surface area contributed by atoms with Crippen molar-refractivity contribution in [2.45, 2.75) is 13.0 Å². The molecule has 0 radical (unpaired) electrons. The number of carboxylic acid groups (broad SMARTS) is 1. The summed E-state index contributed by atoms with van der Waals surface area (Å²) in [6, 6.07) is 0. The van der Waals surface area contributed by atoms with E-state index < -0.39 is 18.0 Å². The second-order valence-electron chi connectivity index (χ2n) is 4.73. The van der Waals surface area contributed by atoms with Crippen LogP contribution in [0, 0.1) is 11.8 Å². The maximum absolute atomic E-state index is 12.1. The molecule has 3 atom stereocenters. The number of nitrogens with zero attached hydrogens (tertiary/aromatic N) is 1. The SMILES string of the molecule is CC1CN(C(=O)C2CNCCO2)CC1C(=O)O. The molecule has 0 aromatic rings. The lowest BCUT2D eigenvalue weighted by molar-refractivity contribution is -0.145. The average molecular weight is 242 g/mol. The number of carboxylic acids is 1. The lowest BCUT2D eigenvalue weighted by atomic mass is 9.99. The average Bonchev–Trinajstić information content (AvgIpc) is 2.71. The summed E-state index contributed by atoms with van der Waals surface area (Å²) in [5, 5.41) is 12.1. The first kappa shape index (κ1) is 12.3. The minimum Gasteiger partial charge on any atom is -0.481 e. The van der Waals surface area contributed by atoms with Crippen molar-refractivity contribution in [1.29, 1.82) is 0 Å². The van der Waals surface area contributed by atoms with Crippen LogP contribution in [0.2, 0.25) is 0 Å². The number of hydrogen-bond acceptors (Lipinski definition) is 4. The number of nitrogens with one attached hydrogen (secondary N) is 1. The normalized spacial score (nSPS) is 33.7. The van der Waals surface area contributed by atoms with Gasteiger partial charge in [0.2, 0.25) is 0 Å². The van der Waals surface area contributed by atoms with E-state index in [1.54, 1.807) is 4.90 Å². The molecule has 0 saturated carbocycles. The molecule has 2 aliphatic rings. The van der Waals surface area contributed by atoms with Crippen molar-refractivity contribution in [3.63, 3.8) is 0 Å². The van der Waals surface area contributed by atoms with E-state index in [0.717, 1.165) is 6.54 Å². The lowest BCUT2D eigenvalue weighted by Gasteiger charge is -2.27. The van der Waals surface area contributed by atoms with Gasteiger partial charge >= 0.3 is 5.97 Å². The van der Waals surface area contributed by atoms with Gasteiger partial charge in [-0.1, -0.05) is 6.92 Å². The minimum absolute atomic E-state index is 0.00741. The standard InChI is InChI=1S/C11H18N2O4/c1-7-5-13(6-8(7)11(15)16)10(14)9-4-12-2-3-17-9/h7-9,12H,2-6H2,1H3,(H,15,16). The summed E-state index contributed by atoms with van der Waals surface area (Å²) in [6.45, 7) is 4.48. The third kappa shape index (κ3) is 2.58. The first-order valence-corrected chi connectivity index (χ1v) is 5.93. The Bertz CT molecular complexity index is 315. The van der Waals surface area contributed by atoms with E-state index in [4.69, 9.17) is 9.84 Å². The fraction of sp³-hybridized carbons (Fsp3) is 0.818. The lowest BCUT2D eigenvalue weighted by Crippen LogP contribution is -2.49. The van der Waals surface area contributed by atoms with Gasteiger partial charge in [-0.2, -0.15) is 0 Å². The van der Waals surface area contributed by atoms with Crippen LogP contribution in [0.1, 0.15) is 6.92 Å². The van der Waals surface area contributed by atoms with Crippen molar-refractivity contribution >= 4 is 11.9 Å². The van der Waals surface area contributed by atoms with Crippen LogP contribution >= 0.6 is 0 Å². The van der Waals surface area contributed by atoms with Crippen LogP contribution in [0.4, 0.5) is 0 Å². The third-order valence-electron chi connectivity index (χ3n) is 3.44. The molecule has 2 saturated heterocycles. The smallest absolute Gasteiger partial charge is 0.308 e. The highest BCUT2D eigenvalue weighted by Gasteiger charge is 2.39. The van der Waals surface area contributed by atoms with Crippen LogP contribution in [0.25, 0.3) is 0 Å². The molecular weight excluding hydrogens is 224 g/mol. The second-order valence-corrected chi connectivity index (χ2v) is 4.73. The van der Waals surface area contributed by atoms with Crippen LogP contribution in [0.5, 0.6) is 0 Å². The van der Waals surface area contributed by atoms with E-state index in [9.17, 15) is 9.59 Å². The Kier molecular flexibility index (Phi) is 3.63. The van der Waals surface area contributed by atoms with Crippen LogP contribution < -0.4 is 5.32 Å². The molecule has 3 unspecified atom stereocenters. The summed E-state index contributed by atoms with van der Waals surface area (Å²) in [5.74, 6) is -1.35. The molecule has 96 valence electrons. The van der Waals surface area contributed by atoms with E-state index in [2.05, 4.69) is 5.32 Å². The summed E-state index contributed by atoms with van der Waals surface area (Å²) in [4.78, 5) is 24.7. The van der Waals surface area contributed by atoms with Crippen LogP contribution in [0.3, 0.4) is 0 Å². The molecule has 1 amide bonds. The molecule has 2 fully saturated rings.